The average molecular weight is 815 g/mol. The van der Waals surface area contributed by atoms with E-state index < -0.39 is 0 Å². The van der Waals surface area contributed by atoms with Crippen LogP contribution in [0.2, 0.25) is 0 Å². The summed E-state index contributed by atoms with van der Waals surface area (Å²) in [7, 11) is 0. The maximum Gasteiger partial charge on any atom is 0.229 e. The van der Waals surface area contributed by atoms with Gasteiger partial charge in [-0.1, -0.05) is 19.6 Å². The van der Waals surface area contributed by atoms with E-state index in [-0.39, 0.29) is 29.3 Å². The lowest BCUT2D eigenvalue weighted by molar-refractivity contribution is -0.135. The molecular weight excluding hydrogens is 757 g/mol. The number of pyridine rings is 1. The van der Waals surface area contributed by atoms with E-state index >= 15 is 0 Å². The number of nitrogens with one attached hydrogen (secondary N) is 3. The average Bonchev–Trinajstić information content (AvgIpc) is 3.23. The first-order valence-corrected chi connectivity index (χ1v) is 21.1. The normalized spacial score (nSPS) is 20.8. The molecule has 4 fully saturated rings. The Morgan fingerprint density at radius 3 is 2.25 bits per heavy atom. The third-order valence-electron chi connectivity index (χ3n) is 12.3. The lowest BCUT2D eigenvalue weighted by Gasteiger charge is -2.49. The largest absolute Gasteiger partial charge is 0.490 e. The zero-order valence-corrected chi connectivity index (χ0v) is 35.6. The van der Waals surface area contributed by atoms with Crippen molar-refractivity contribution >= 4 is 46.3 Å². The Morgan fingerprint density at radius 2 is 1.60 bits per heavy atom. The highest BCUT2D eigenvalue weighted by atomic mass is 16.5. The number of ketones is 2. The molecule has 6 heterocycles. The van der Waals surface area contributed by atoms with E-state index in [0.717, 1.165) is 93.8 Å². The van der Waals surface area contributed by atoms with E-state index in [1.807, 2.05) is 25.3 Å². The van der Waals surface area contributed by atoms with Crippen LogP contribution < -0.4 is 25.8 Å². The number of piperidine rings is 1. The number of hydrogen-bond donors (Lipinski definition) is 3. The van der Waals surface area contributed by atoms with Gasteiger partial charge in [0.05, 0.1) is 5.70 Å². The highest BCUT2D eigenvalue weighted by Gasteiger charge is 2.34. The molecule has 0 aliphatic carbocycles. The van der Waals surface area contributed by atoms with Crippen molar-refractivity contribution in [2.24, 2.45) is 5.92 Å². The van der Waals surface area contributed by atoms with Crippen LogP contribution in [0.15, 0.2) is 90.1 Å². The van der Waals surface area contributed by atoms with Crippen LogP contribution in [-0.4, -0.2) is 103 Å². The highest BCUT2D eigenvalue weighted by molar-refractivity contribution is 6.08. The number of amides is 2. The van der Waals surface area contributed by atoms with Gasteiger partial charge < -0.3 is 30.1 Å². The first-order chi connectivity index (χ1) is 28.9. The van der Waals surface area contributed by atoms with Gasteiger partial charge in [0.1, 0.15) is 18.2 Å². The number of morpholine rings is 1. The van der Waals surface area contributed by atoms with Crippen LogP contribution in [0.1, 0.15) is 79.3 Å². The molecule has 1 aromatic heterocycles. The van der Waals surface area contributed by atoms with Gasteiger partial charge in [0.25, 0.3) is 0 Å². The number of aromatic nitrogens is 1. The van der Waals surface area contributed by atoms with Gasteiger partial charge in [-0.05, 0) is 106 Å². The van der Waals surface area contributed by atoms with Crippen LogP contribution in [0.25, 0.3) is 0 Å². The number of piperazine rings is 1. The molecule has 4 saturated heterocycles. The Morgan fingerprint density at radius 1 is 0.883 bits per heavy atom. The fourth-order valence-electron chi connectivity index (χ4n) is 8.61. The number of fused-ring (bicyclic) bond motifs is 1. The molecule has 5 aliphatic rings. The number of rotatable bonds is 9. The standard InChI is InChI=1S/C41H49N7O3.C6H9NO2/c1-6-39(27(2)41-30(5)51-20-14-42-41)47-15-13-31-23-43-40(21-32(31)24-47)44-33-7-9-34(10-8-33)45-16-18-46(19-17-45)36-25-48(26-36)35-11-12-37(28(3)49)38(22-35)29(4)50;1-4-2-3-5(8)7-6(4)9/h6-12,21-23,36,42H,5,13-20,24-26H2,1-4H3,(H,43,44);4H,2-3H2,1H3,(H,7,8,9)/b39-6+,41-27+;. The second-order valence-electron chi connectivity index (χ2n) is 16.3. The third-order valence-corrected chi connectivity index (χ3v) is 12.3. The number of imide groups is 1. The molecular formula is C47H58N8O5. The number of carbonyl (C=O) groups is 4. The monoisotopic (exact) mass is 814 g/mol. The zero-order chi connectivity index (χ0) is 42.5. The molecule has 0 saturated carbocycles. The summed E-state index contributed by atoms with van der Waals surface area (Å²) in [5.41, 5.74) is 10.2. The van der Waals surface area contributed by atoms with Gasteiger partial charge in [0, 0.05) is 117 Å². The van der Waals surface area contributed by atoms with E-state index in [2.05, 4.69) is 92.4 Å². The van der Waals surface area contributed by atoms with Crippen LogP contribution in [0, 0.1) is 5.92 Å². The van der Waals surface area contributed by atoms with Crippen molar-refractivity contribution in [3.8, 4) is 0 Å². The van der Waals surface area contributed by atoms with Crippen molar-refractivity contribution < 1.29 is 23.9 Å². The minimum absolute atomic E-state index is 0.0164. The summed E-state index contributed by atoms with van der Waals surface area (Å²) in [5, 5.41) is 9.26. The predicted octanol–water partition coefficient (Wildman–Crippen LogP) is 5.97. The SMILES string of the molecule is C=C1OCCN/C1=C(C)/C(=C\C)N1CCc2cnc(Nc3ccc(N4CCN(C5CN(c6ccc(C(C)=O)c(C(C)=O)c6)C5)CC4)cc3)cc2C1.CC1CCC(=O)NC1=O. The Labute approximate surface area is 353 Å². The van der Waals surface area contributed by atoms with Crippen LogP contribution in [0.5, 0.6) is 0 Å². The molecule has 8 rings (SSSR count). The molecule has 13 nitrogen and oxygen atoms in total. The third kappa shape index (κ3) is 9.57. The quantitative estimate of drug-likeness (QED) is 0.173. The second-order valence-corrected chi connectivity index (χ2v) is 16.3. The summed E-state index contributed by atoms with van der Waals surface area (Å²) in [4.78, 5) is 59.8. The first-order valence-electron chi connectivity index (χ1n) is 21.1. The van der Waals surface area contributed by atoms with E-state index in [9.17, 15) is 19.2 Å². The van der Waals surface area contributed by atoms with Gasteiger partial charge in [-0.15, -0.1) is 0 Å². The molecule has 0 radical (unpaired) electrons. The van der Waals surface area contributed by atoms with Crippen LogP contribution in [0.4, 0.5) is 22.9 Å². The Hall–Kier alpha value is -5.95. The molecule has 316 valence electrons. The molecule has 0 spiro atoms. The smallest absolute Gasteiger partial charge is 0.229 e. The number of hydrogen-bond acceptors (Lipinski definition) is 12. The fraction of sp³-hybridized carbons (Fsp3) is 0.426. The molecule has 60 heavy (non-hydrogen) atoms. The van der Waals surface area contributed by atoms with Crippen molar-refractivity contribution in [3.63, 3.8) is 0 Å². The Bertz CT molecular complexity index is 2200. The van der Waals surface area contributed by atoms with Crippen LogP contribution >= 0.6 is 0 Å². The van der Waals surface area contributed by atoms with E-state index in [4.69, 9.17) is 9.72 Å². The zero-order valence-electron chi connectivity index (χ0n) is 35.6. The predicted molar refractivity (Wildman–Crippen MR) is 235 cm³/mol. The van der Waals surface area contributed by atoms with Crippen molar-refractivity contribution in [1.29, 1.82) is 0 Å². The molecule has 2 amide bonds. The molecule has 1 atom stereocenters. The summed E-state index contributed by atoms with van der Waals surface area (Å²) in [6, 6.07) is 17.0. The topological polar surface area (TPSA) is 139 Å². The maximum absolute atomic E-state index is 12.2. The second kappa shape index (κ2) is 18.5. The first kappa shape index (κ1) is 42.2. The van der Waals surface area contributed by atoms with Crippen LogP contribution in [0.3, 0.4) is 0 Å². The summed E-state index contributed by atoms with van der Waals surface area (Å²) < 4.78 is 5.72. The van der Waals surface area contributed by atoms with Crippen molar-refractivity contribution in [3.05, 3.63) is 112 Å². The molecule has 1 unspecified atom stereocenters. The lowest BCUT2D eigenvalue weighted by atomic mass is 9.98. The van der Waals surface area contributed by atoms with Crippen molar-refractivity contribution in [2.45, 2.75) is 66.5 Å². The fourth-order valence-corrected chi connectivity index (χ4v) is 8.61. The summed E-state index contributed by atoms with van der Waals surface area (Å²) in [6.45, 7) is 22.3. The van der Waals surface area contributed by atoms with Gasteiger partial charge in [-0.25, -0.2) is 4.98 Å². The van der Waals surface area contributed by atoms with Gasteiger partial charge in [-0.2, -0.15) is 0 Å². The number of Topliss-reactive ketones (excluding diaryl/α,β-unsaturated/α-hetero) is 2. The number of carbonyl (C=O) groups excluding carboxylic acids is 4. The molecule has 2 aromatic carbocycles. The number of benzene rings is 2. The van der Waals surface area contributed by atoms with Crippen LogP contribution in [-0.2, 0) is 27.3 Å². The highest BCUT2D eigenvalue weighted by Crippen LogP contribution is 2.31. The Balaban J connectivity index is 0.000000537. The van der Waals surface area contributed by atoms with Gasteiger partial charge in [-0.3, -0.25) is 29.4 Å². The minimum Gasteiger partial charge on any atom is -0.490 e. The van der Waals surface area contributed by atoms with E-state index in [1.165, 1.54) is 36.4 Å². The van der Waals surface area contributed by atoms with E-state index in [1.54, 1.807) is 6.07 Å². The minimum atomic E-state index is -0.141. The molecule has 13 heteroatoms. The van der Waals surface area contributed by atoms with Crippen molar-refractivity contribution in [1.82, 2.24) is 25.4 Å². The summed E-state index contributed by atoms with van der Waals surface area (Å²) in [6.07, 6.45) is 6.35. The number of nitrogens with zero attached hydrogens (tertiary/aromatic N) is 5. The molecule has 3 aromatic rings. The number of anilines is 4. The lowest BCUT2D eigenvalue weighted by Crippen LogP contribution is -2.63. The number of ether oxygens (including phenoxy) is 1. The van der Waals surface area contributed by atoms with Gasteiger partial charge in [0.15, 0.2) is 11.6 Å². The van der Waals surface area contributed by atoms with Crippen molar-refractivity contribution in [2.75, 3.05) is 74.1 Å². The molecule has 5 aliphatic heterocycles. The number of allylic oxidation sites excluding steroid dienone is 2. The van der Waals surface area contributed by atoms with Gasteiger partial charge in [0.2, 0.25) is 11.8 Å². The van der Waals surface area contributed by atoms with Gasteiger partial charge >= 0.3 is 0 Å². The summed E-state index contributed by atoms with van der Waals surface area (Å²) in [5.74, 6) is 1.16. The molecule has 0 bridgehead atoms. The van der Waals surface area contributed by atoms with E-state index in [0.29, 0.717) is 42.4 Å². The molecule has 3 N–H and O–H groups in total. The summed E-state index contributed by atoms with van der Waals surface area (Å²) >= 11 is 0. The maximum atomic E-state index is 12.2. The Kier molecular flexibility index (Phi) is 13.0.